The van der Waals surface area contributed by atoms with E-state index in [0.29, 0.717) is 29.9 Å². The molecule has 0 spiro atoms. The molecule has 2 aliphatic rings. The van der Waals surface area contributed by atoms with Gasteiger partial charge in [0.25, 0.3) is 0 Å². The number of amides is 2. The quantitative estimate of drug-likeness (QED) is 0.815. The monoisotopic (exact) mass is 406 g/mol. The van der Waals surface area contributed by atoms with Crippen LogP contribution in [0.2, 0.25) is 5.02 Å². The van der Waals surface area contributed by atoms with Crippen molar-refractivity contribution in [3.05, 3.63) is 29.3 Å². The van der Waals surface area contributed by atoms with E-state index in [1.165, 1.54) is 6.42 Å². The smallest absolute Gasteiger partial charge is 0.238 e. The molecule has 2 fully saturated rings. The Kier molecular flexibility index (Phi) is 7.32. The number of benzene rings is 1. The molecule has 2 saturated heterocycles. The number of likely N-dealkylation sites (tertiary alicyclic amines) is 1. The van der Waals surface area contributed by atoms with E-state index in [-0.39, 0.29) is 11.8 Å². The van der Waals surface area contributed by atoms with Gasteiger partial charge in [0.2, 0.25) is 11.8 Å². The van der Waals surface area contributed by atoms with Crippen LogP contribution in [-0.4, -0.2) is 78.9 Å². The topological polar surface area (TPSA) is 55.9 Å². The summed E-state index contributed by atoms with van der Waals surface area (Å²) >= 11 is 5.86. The lowest BCUT2D eigenvalue weighted by molar-refractivity contribution is -0.135. The molecule has 0 aliphatic carbocycles. The molecule has 6 nitrogen and oxygen atoms in total. The highest BCUT2D eigenvalue weighted by molar-refractivity contribution is 6.30. The minimum absolute atomic E-state index is 0.0249. The lowest BCUT2D eigenvalue weighted by Gasteiger charge is -2.38. The van der Waals surface area contributed by atoms with Gasteiger partial charge < -0.3 is 10.2 Å². The summed E-state index contributed by atoms with van der Waals surface area (Å²) in [6.07, 6.45) is 1.21. The number of anilines is 1. The third-order valence-corrected chi connectivity index (χ3v) is 5.79. The van der Waals surface area contributed by atoms with Crippen molar-refractivity contribution in [2.75, 3.05) is 57.7 Å². The highest BCUT2D eigenvalue weighted by Crippen LogP contribution is 2.21. The van der Waals surface area contributed by atoms with Gasteiger partial charge >= 0.3 is 0 Å². The van der Waals surface area contributed by atoms with E-state index in [1.807, 2.05) is 4.90 Å². The summed E-state index contributed by atoms with van der Waals surface area (Å²) in [6.45, 7) is 10.3. The van der Waals surface area contributed by atoms with E-state index in [4.69, 9.17) is 11.6 Å². The van der Waals surface area contributed by atoms with Gasteiger partial charge in [-0.25, -0.2) is 0 Å². The van der Waals surface area contributed by atoms with Crippen LogP contribution in [0.1, 0.15) is 20.3 Å². The first-order chi connectivity index (χ1) is 13.4. The maximum Gasteiger partial charge on any atom is 0.238 e. The van der Waals surface area contributed by atoms with Crippen LogP contribution in [0.25, 0.3) is 0 Å². The molecule has 0 bridgehead atoms. The van der Waals surface area contributed by atoms with E-state index >= 15 is 0 Å². The second kappa shape index (κ2) is 9.72. The minimum Gasteiger partial charge on any atom is -0.341 e. The zero-order valence-corrected chi connectivity index (χ0v) is 17.6. The van der Waals surface area contributed by atoms with Crippen LogP contribution in [0.5, 0.6) is 0 Å². The molecule has 0 radical (unpaired) electrons. The molecule has 3 rings (SSSR count). The summed E-state index contributed by atoms with van der Waals surface area (Å²) in [5, 5.41) is 3.55. The second-order valence-corrected chi connectivity index (χ2v) is 8.79. The van der Waals surface area contributed by atoms with Gasteiger partial charge in [-0.05, 0) is 42.5 Å². The number of piperazine rings is 1. The molecule has 0 saturated carbocycles. The van der Waals surface area contributed by atoms with E-state index in [1.54, 1.807) is 24.3 Å². The normalized spacial score (nSPS) is 24.2. The molecule has 28 heavy (non-hydrogen) atoms. The van der Waals surface area contributed by atoms with E-state index in [9.17, 15) is 9.59 Å². The average Bonchev–Trinajstić information content (AvgIpc) is 2.64. The SMILES string of the molecule is C[C@H]1C[C@H](C)CN(C(=O)CN2CCN(CC(=O)Nc3ccc(Cl)cc3)CC2)C1. The largest absolute Gasteiger partial charge is 0.341 e. The van der Waals surface area contributed by atoms with Crippen molar-refractivity contribution in [3.63, 3.8) is 0 Å². The van der Waals surface area contributed by atoms with Crippen LogP contribution in [0, 0.1) is 11.8 Å². The summed E-state index contributed by atoms with van der Waals surface area (Å²) in [5.41, 5.74) is 0.753. The number of rotatable bonds is 5. The van der Waals surface area contributed by atoms with E-state index in [2.05, 4.69) is 29.0 Å². The van der Waals surface area contributed by atoms with Crippen LogP contribution in [0.15, 0.2) is 24.3 Å². The number of piperidine rings is 1. The molecule has 0 unspecified atom stereocenters. The predicted molar refractivity (Wildman–Crippen MR) is 112 cm³/mol. The fourth-order valence-corrected chi connectivity index (χ4v) is 4.33. The van der Waals surface area contributed by atoms with E-state index < -0.39 is 0 Å². The fourth-order valence-electron chi connectivity index (χ4n) is 4.20. The maximum atomic E-state index is 12.6. The van der Waals surface area contributed by atoms with Crippen LogP contribution in [0.3, 0.4) is 0 Å². The average molecular weight is 407 g/mol. The molecule has 154 valence electrons. The summed E-state index contributed by atoms with van der Waals surface area (Å²) in [5.74, 6) is 1.39. The van der Waals surface area contributed by atoms with Crippen molar-refractivity contribution in [1.29, 1.82) is 0 Å². The van der Waals surface area contributed by atoms with Crippen molar-refractivity contribution in [2.45, 2.75) is 20.3 Å². The number of nitrogens with zero attached hydrogens (tertiary/aromatic N) is 3. The number of carbonyl (C=O) groups is 2. The second-order valence-electron chi connectivity index (χ2n) is 8.35. The lowest BCUT2D eigenvalue weighted by Crippen LogP contribution is -2.52. The Bertz CT molecular complexity index is 663. The van der Waals surface area contributed by atoms with Crippen molar-refractivity contribution >= 4 is 29.1 Å². The third kappa shape index (κ3) is 6.19. The Morgan fingerprint density at radius 1 is 0.964 bits per heavy atom. The summed E-state index contributed by atoms with van der Waals surface area (Å²) < 4.78 is 0. The van der Waals surface area contributed by atoms with Gasteiger partial charge in [0, 0.05) is 50.0 Å². The molecule has 2 aliphatic heterocycles. The van der Waals surface area contributed by atoms with Crippen LogP contribution < -0.4 is 5.32 Å². The molecule has 1 N–H and O–H groups in total. The number of halogens is 1. The molecular weight excluding hydrogens is 376 g/mol. The number of carbonyl (C=O) groups excluding carboxylic acids is 2. The third-order valence-electron chi connectivity index (χ3n) is 5.54. The number of hydrogen-bond donors (Lipinski definition) is 1. The summed E-state index contributed by atoms with van der Waals surface area (Å²) in [4.78, 5) is 31.3. The lowest BCUT2D eigenvalue weighted by atomic mass is 9.92. The van der Waals surface area contributed by atoms with Gasteiger partial charge in [-0.1, -0.05) is 25.4 Å². The predicted octanol–water partition coefficient (Wildman–Crippen LogP) is 2.40. The summed E-state index contributed by atoms with van der Waals surface area (Å²) in [6, 6.07) is 7.12. The van der Waals surface area contributed by atoms with Crippen molar-refractivity contribution in [2.24, 2.45) is 11.8 Å². The molecule has 2 heterocycles. The standard InChI is InChI=1S/C21H31ClN4O2/c1-16-11-17(2)13-26(12-16)21(28)15-25-9-7-24(8-10-25)14-20(27)23-19-5-3-18(22)4-6-19/h3-6,16-17H,7-15H2,1-2H3,(H,23,27)/t16-,17-/m0/s1. The van der Waals surface area contributed by atoms with Gasteiger partial charge in [-0.15, -0.1) is 0 Å². The molecular formula is C21H31ClN4O2. The molecule has 7 heteroatoms. The van der Waals surface area contributed by atoms with Gasteiger partial charge in [0.1, 0.15) is 0 Å². The van der Waals surface area contributed by atoms with Gasteiger partial charge in [0.15, 0.2) is 0 Å². The Hall–Kier alpha value is -1.63. The van der Waals surface area contributed by atoms with Gasteiger partial charge in [-0.3, -0.25) is 19.4 Å². The van der Waals surface area contributed by atoms with Crippen LogP contribution in [0.4, 0.5) is 5.69 Å². The number of nitrogens with one attached hydrogen (secondary N) is 1. The molecule has 1 aromatic rings. The highest BCUT2D eigenvalue weighted by Gasteiger charge is 2.27. The van der Waals surface area contributed by atoms with Crippen molar-refractivity contribution in [1.82, 2.24) is 14.7 Å². The van der Waals surface area contributed by atoms with Crippen LogP contribution >= 0.6 is 11.6 Å². The van der Waals surface area contributed by atoms with Crippen molar-refractivity contribution in [3.8, 4) is 0 Å². The molecule has 1 aromatic carbocycles. The molecule has 2 atom stereocenters. The van der Waals surface area contributed by atoms with E-state index in [0.717, 1.165) is 45.0 Å². The fraction of sp³-hybridized carbons (Fsp3) is 0.619. The Morgan fingerprint density at radius 3 is 2.07 bits per heavy atom. The highest BCUT2D eigenvalue weighted by atomic mass is 35.5. The van der Waals surface area contributed by atoms with Crippen LogP contribution in [-0.2, 0) is 9.59 Å². The Morgan fingerprint density at radius 2 is 1.50 bits per heavy atom. The Balaban J connectivity index is 1.38. The first-order valence-electron chi connectivity index (χ1n) is 10.2. The molecule has 0 aromatic heterocycles. The maximum absolute atomic E-state index is 12.6. The van der Waals surface area contributed by atoms with Gasteiger partial charge in [-0.2, -0.15) is 0 Å². The van der Waals surface area contributed by atoms with Gasteiger partial charge in [0.05, 0.1) is 13.1 Å². The van der Waals surface area contributed by atoms with Crippen molar-refractivity contribution < 1.29 is 9.59 Å². The minimum atomic E-state index is -0.0249. The first kappa shape index (κ1) is 21.1. The first-order valence-corrected chi connectivity index (χ1v) is 10.5. The Labute approximate surface area is 172 Å². The molecule has 2 amide bonds. The zero-order chi connectivity index (χ0) is 20.1. The zero-order valence-electron chi connectivity index (χ0n) is 16.9. The summed E-state index contributed by atoms with van der Waals surface area (Å²) in [7, 11) is 0. The number of hydrogen-bond acceptors (Lipinski definition) is 4.